The van der Waals surface area contributed by atoms with Crippen LogP contribution in [-0.4, -0.2) is 23.7 Å². The van der Waals surface area contributed by atoms with E-state index in [-0.39, 0.29) is 6.08 Å². The van der Waals surface area contributed by atoms with Crippen LogP contribution in [0.5, 0.6) is 0 Å². The molecule has 106 valence electrons. The molecule has 8 heteroatoms. The molecule has 0 radical (unpaired) electrons. The Morgan fingerprint density at radius 1 is 0.833 bits per heavy atom. The van der Waals surface area contributed by atoms with Gasteiger partial charge >= 0.3 is 23.7 Å². The number of allylic oxidation sites excluding steroid dienone is 2. The maximum atomic E-state index is 13.1. The van der Waals surface area contributed by atoms with Crippen molar-refractivity contribution in [1.82, 2.24) is 0 Å². The van der Waals surface area contributed by atoms with Gasteiger partial charge in [-0.25, -0.2) is 0 Å². The third kappa shape index (κ3) is 2.12. The van der Waals surface area contributed by atoms with Gasteiger partial charge in [-0.2, -0.15) is 35.1 Å². The predicted molar refractivity (Wildman–Crippen MR) is 49.3 cm³/mol. The third-order valence-corrected chi connectivity index (χ3v) is 2.41. The second-order valence-electron chi connectivity index (χ2n) is 3.62. The molecule has 0 saturated carbocycles. The highest BCUT2D eigenvalue weighted by molar-refractivity contribution is 5.11. The Kier molecular flexibility index (Phi) is 4.27. The fourth-order valence-corrected chi connectivity index (χ4v) is 0.981. The minimum Gasteiger partial charge on any atom is -0.199 e. The van der Waals surface area contributed by atoms with Crippen LogP contribution in [0.25, 0.3) is 0 Å². The Hall–Kier alpha value is -1.08. The van der Waals surface area contributed by atoms with E-state index in [1.165, 1.54) is 0 Å². The van der Waals surface area contributed by atoms with E-state index in [9.17, 15) is 35.1 Å². The van der Waals surface area contributed by atoms with Gasteiger partial charge < -0.3 is 0 Å². The van der Waals surface area contributed by atoms with Crippen molar-refractivity contribution in [2.45, 2.75) is 30.6 Å². The summed E-state index contributed by atoms with van der Waals surface area (Å²) in [4.78, 5) is 0. The molecular weight excluding hydrogens is 272 g/mol. The summed E-state index contributed by atoms with van der Waals surface area (Å²) in [6, 6.07) is 0. The van der Waals surface area contributed by atoms with Crippen LogP contribution >= 0.6 is 0 Å². The van der Waals surface area contributed by atoms with Crippen LogP contribution in [0.15, 0.2) is 25.3 Å². The van der Waals surface area contributed by atoms with Gasteiger partial charge in [0.2, 0.25) is 0 Å². The van der Waals surface area contributed by atoms with E-state index in [4.69, 9.17) is 0 Å². The Bertz CT molecular complexity index is 331. The lowest BCUT2D eigenvalue weighted by Gasteiger charge is -2.37. The monoisotopic (exact) mass is 282 g/mol. The molecule has 0 N–H and O–H groups in total. The number of alkyl halides is 8. The normalized spacial score (nSPS) is 16.3. The topological polar surface area (TPSA) is 0 Å². The highest BCUT2D eigenvalue weighted by atomic mass is 19.4. The molecule has 1 atom stereocenters. The SMILES string of the molecule is C=CC(C)C(F)(F)C(F)(F)C(F)(F)C(F)(F)C=C. The van der Waals surface area contributed by atoms with Crippen LogP contribution in [0, 0.1) is 5.92 Å². The molecule has 0 amide bonds. The summed E-state index contributed by atoms with van der Waals surface area (Å²) in [5, 5.41) is 0. The first-order chi connectivity index (χ1) is 7.79. The molecule has 0 aliphatic carbocycles. The van der Waals surface area contributed by atoms with Gasteiger partial charge in [0.05, 0.1) is 0 Å². The molecule has 0 fully saturated rings. The Balaban J connectivity index is 5.77. The fraction of sp³-hybridized carbons (Fsp3) is 0.600. The molecule has 0 aromatic heterocycles. The van der Waals surface area contributed by atoms with Crippen LogP contribution in [0.2, 0.25) is 0 Å². The summed E-state index contributed by atoms with van der Waals surface area (Å²) < 4.78 is 103. The summed E-state index contributed by atoms with van der Waals surface area (Å²) in [6.07, 6.45) is -0.522. The van der Waals surface area contributed by atoms with Crippen molar-refractivity contribution in [2.75, 3.05) is 0 Å². The van der Waals surface area contributed by atoms with Crippen LogP contribution in [-0.2, 0) is 0 Å². The summed E-state index contributed by atoms with van der Waals surface area (Å²) in [7, 11) is 0. The summed E-state index contributed by atoms with van der Waals surface area (Å²) in [5.74, 6) is -25.8. The van der Waals surface area contributed by atoms with E-state index in [0.717, 1.165) is 0 Å². The van der Waals surface area contributed by atoms with E-state index in [1.807, 2.05) is 0 Å². The number of hydrogen-bond acceptors (Lipinski definition) is 0. The van der Waals surface area contributed by atoms with Crippen molar-refractivity contribution in [3.05, 3.63) is 25.3 Å². The summed E-state index contributed by atoms with van der Waals surface area (Å²) in [5.41, 5.74) is 0. The Labute approximate surface area is 98.0 Å². The summed E-state index contributed by atoms with van der Waals surface area (Å²) in [6.45, 7) is 5.43. The molecule has 0 aliphatic rings. The number of halogens is 8. The van der Waals surface area contributed by atoms with Crippen molar-refractivity contribution < 1.29 is 35.1 Å². The first kappa shape index (κ1) is 16.9. The molecule has 0 saturated heterocycles. The van der Waals surface area contributed by atoms with Gasteiger partial charge in [-0.15, -0.1) is 6.58 Å². The smallest absolute Gasteiger partial charge is 0.199 e. The van der Waals surface area contributed by atoms with Crippen molar-refractivity contribution in [3.63, 3.8) is 0 Å². The van der Waals surface area contributed by atoms with E-state index in [0.29, 0.717) is 6.92 Å². The van der Waals surface area contributed by atoms with Crippen LogP contribution in [0.4, 0.5) is 35.1 Å². The second kappa shape index (κ2) is 4.55. The van der Waals surface area contributed by atoms with Gasteiger partial charge in [-0.3, -0.25) is 0 Å². The average Bonchev–Trinajstić information content (AvgIpc) is 2.26. The minimum atomic E-state index is -6.28. The number of hydrogen-bond donors (Lipinski definition) is 0. The van der Waals surface area contributed by atoms with Gasteiger partial charge in [0, 0.05) is 5.92 Å². The zero-order valence-corrected chi connectivity index (χ0v) is 9.17. The fourth-order valence-electron chi connectivity index (χ4n) is 0.981. The van der Waals surface area contributed by atoms with E-state index < -0.39 is 35.7 Å². The quantitative estimate of drug-likeness (QED) is 0.496. The lowest BCUT2D eigenvalue weighted by Crippen LogP contribution is -2.63. The molecule has 1 unspecified atom stereocenters. The second-order valence-corrected chi connectivity index (χ2v) is 3.62. The van der Waals surface area contributed by atoms with E-state index in [2.05, 4.69) is 13.2 Å². The maximum absolute atomic E-state index is 13.1. The van der Waals surface area contributed by atoms with Crippen molar-refractivity contribution in [2.24, 2.45) is 5.92 Å². The summed E-state index contributed by atoms with van der Waals surface area (Å²) >= 11 is 0. The van der Waals surface area contributed by atoms with Crippen LogP contribution in [0.3, 0.4) is 0 Å². The van der Waals surface area contributed by atoms with Crippen LogP contribution < -0.4 is 0 Å². The van der Waals surface area contributed by atoms with Gasteiger partial charge in [0.25, 0.3) is 0 Å². The van der Waals surface area contributed by atoms with Gasteiger partial charge in [-0.1, -0.05) is 19.6 Å². The molecule has 0 bridgehead atoms. The van der Waals surface area contributed by atoms with Crippen molar-refractivity contribution in [3.8, 4) is 0 Å². The Morgan fingerprint density at radius 3 is 1.50 bits per heavy atom. The third-order valence-electron chi connectivity index (χ3n) is 2.41. The highest BCUT2D eigenvalue weighted by Crippen LogP contribution is 2.55. The van der Waals surface area contributed by atoms with E-state index in [1.54, 1.807) is 0 Å². The van der Waals surface area contributed by atoms with Gasteiger partial charge in [0.1, 0.15) is 0 Å². The molecule has 0 aromatic carbocycles. The molecule has 18 heavy (non-hydrogen) atoms. The lowest BCUT2D eigenvalue weighted by molar-refractivity contribution is -0.362. The minimum absolute atomic E-state index is 0.274. The molecule has 0 rings (SSSR count). The molecular formula is C10H10F8. The molecule has 0 aromatic rings. The average molecular weight is 282 g/mol. The zero-order chi connectivity index (χ0) is 15.0. The first-order valence-corrected chi connectivity index (χ1v) is 4.57. The van der Waals surface area contributed by atoms with Crippen LogP contribution in [0.1, 0.15) is 6.92 Å². The van der Waals surface area contributed by atoms with Crippen molar-refractivity contribution >= 4 is 0 Å². The first-order valence-electron chi connectivity index (χ1n) is 4.57. The lowest BCUT2D eigenvalue weighted by atomic mass is 9.90. The standard InChI is InChI=1S/C10H10F8/c1-4-6(3)8(13,14)10(17,18)9(15,16)7(11,12)5-2/h4-6H,1-2H2,3H3. The zero-order valence-electron chi connectivity index (χ0n) is 9.17. The predicted octanol–water partition coefficient (Wildman–Crippen LogP) is 4.54. The van der Waals surface area contributed by atoms with Gasteiger partial charge in [0.15, 0.2) is 0 Å². The number of rotatable bonds is 6. The molecule has 0 aliphatic heterocycles. The van der Waals surface area contributed by atoms with Crippen molar-refractivity contribution in [1.29, 1.82) is 0 Å². The maximum Gasteiger partial charge on any atom is 0.381 e. The highest BCUT2D eigenvalue weighted by Gasteiger charge is 2.80. The molecule has 0 heterocycles. The largest absolute Gasteiger partial charge is 0.381 e. The molecule has 0 spiro atoms. The Morgan fingerprint density at radius 2 is 1.22 bits per heavy atom. The molecule has 0 nitrogen and oxygen atoms in total. The van der Waals surface area contributed by atoms with E-state index >= 15 is 0 Å². The van der Waals surface area contributed by atoms with Gasteiger partial charge in [-0.05, 0) is 6.08 Å².